The van der Waals surface area contributed by atoms with E-state index in [-0.39, 0.29) is 23.3 Å². The fourth-order valence-corrected chi connectivity index (χ4v) is 2.23. The third kappa shape index (κ3) is 3.80. The molecule has 0 spiro atoms. The van der Waals surface area contributed by atoms with Crippen LogP contribution in [0.5, 0.6) is 0 Å². The van der Waals surface area contributed by atoms with Crippen LogP contribution in [-0.2, 0) is 9.47 Å². The zero-order valence-electron chi connectivity index (χ0n) is 12.7. The predicted molar refractivity (Wildman–Crippen MR) is 78.1 cm³/mol. The molecule has 1 aromatic rings. The Morgan fingerprint density at radius 1 is 1.36 bits per heavy atom. The molecule has 120 valence electrons. The molecule has 2 rings (SSSR count). The van der Waals surface area contributed by atoms with E-state index in [4.69, 9.17) is 14.6 Å². The van der Waals surface area contributed by atoms with Gasteiger partial charge in [-0.3, -0.25) is 4.79 Å². The lowest BCUT2D eigenvalue weighted by molar-refractivity contribution is -0.0466. The van der Waals surface area contributed by atoms with Gasteiger partial charge in [0.25, 0.3) is 5.91 Å². The number of aromatic nitrogens is 1. The number of carbonyl (C=O) groups is 2. The number of amides is 1. The third-order valence-electron chi connectivity index (χ3n) is 3.52. The maximum Gasteiger partial charge on any atom is 0.337 e. The smallest absolute Gasteiger partial charge is 0.337 e. The minimum Gasteiger partial charge on any atom is -0.478 e. The Morgan fingerprint density at radius 2 is 2.09 bits per heavy atom. The molecule has 0 saturated carbocycles. The molecule has 1 N–H and O–H groups in total. The summed E-state index contributed by atoms with van der Waals surface area (Å²) in [4.78, 5) is 28.9. The van der Waals surface area contributed by atoms with Crippen molar-refractivity contribution in [2.75, 3.05) is 33.4 Å². The summed E-state index contributed by atoms with van der Waals surface area (Å²) in [7, 11) is 1.65. The molecule has 1 saturated heterocycles. The molecular weight excluding hydrogens is 288 g/mol. The lowest BCUT2D eigenvalue weighted by Crippen LogP contribution is -2.55. The molecule has 1 amide bonds. The van der Waals surface area contributed by atoms with Gasteiger partial charge in [-0.1, -0.05) is 0 Å². The molecule has 1 aliphatic rings. The van der Waals surface area contributed by atoms with Crippen molar-refractivity contribution in [1.29, 1.82) is 0 Å². The van der Waals surface area contributed by atoms with E-state index < -0.39 is 5.97 Å². The van der Waals surface area contributed by atoms with Gasteiger partial charge in [-0.15, -0.1) is 0 Å². The topological polar surface area (TPSA) is 89.0 Å². The second-order valence-electron chi connectivity index (χ2n) is 5.18. The van der Waals surface area contributed by atoms with Crippen LogP contribution in [0, 0.1) is 6.92 Å². The van der Waals surface area contributed by atoms with E-state index in [0.717, 1.165) is 6.42 Å². The first-order chi connectivity index (χ1) is 10.5. The molecule has 0 unspecified atom stereocenters. The number of hydrogen-bond acceptors (Lipinski definition) is 5. The van der Waals surface area contributed by atoms with Gasteiger partial charge in [-0.25, -0.2) is 9.78 Å². The molecule has 0 aromatic carbocycles. The molecule has 1 fully saturated rings. The minimum atomic E-state index is -1.04. The van der Waals surface area contributed by atoms with E-state index in [1.807, 2.05) is 0 Å². The molecule has 0 radical (unpaired) electrons. The number of aryl methyl sites for hydroxylation is 1. The summed E-state index contributed by atoms with van der Waals surface area (Å²) >= 11 is 0. The molecule has 2 heterocycles. The maximum atomic E-state index is 12.2. The van der Waals surface area contributed by atoms with Crippen LogP contribution in [0.15, 0.2) is 12.1 Å². The Labute approximate surface area is 128 Å². The maximum absolute atomic E-state index is 12.2. The number of carboxylic acid groups (broad SMARTS) is 1. The lowest BCUT2D eigenvalue weighted by atomic mass is 10.1. The van der Waals surface area contributed by atoms with Crippen molar-refractivity contribution in [1.82, 2.24) is 9.88 Å². The number of carboxylic acids is 1. The predicted octanol–water partition coefficient (Wildman–Crippen LogP) is 0.966. The van der Waals surface area contributed by atoms with Crippen LogP contribution in [0.2, 0.25) is 0 Å². The highest BCUT2D eigenvalue weighted by Crippen LogP contribution is 2.16. The van der Waals surface area contributed by atoms with Crippen LogP contribution in [0.4, 0.5) is 0 Å². The number of carbonyl (C=O) groups excluding carboxylic acids is 1. The second kappa shape index (κ2) is 7.33. The highest BCUT2D eigenvalue weighted by molar-refractivity contribution is 5.94. The number of aromatic carboxylic acids is 1. The van der Waals surface area contributed by atoms with E-state index in [0.29, 0.717) is 32.0 Å². The highest BCUT2D eigenvalue weighted by atomic mass is 16.5. The molecule has 7 nitrogen and oxygen atoms in total. The van der Waals surface area contributed by atoms with Crippen molar-refractivity contribution < 1.29 is 24.2 Å². The Hall–Kier alpha value is -1.99. The van der Waals surface area contributed by atoms with Gasteiger partial charge in [0.05, 0.1) is 17.4 Å². The molecule has 0 aliphatic carbocycles. The van der Waals surface area contributed by atoms with E-state index in [2.05, 4.69) is 4.98 Å². The van der Waals surface area contributed by atoms with E-state index >= 15 is 0 Å². The Bertz CT molecular complexity index is 555. The molecule has 1 aromatic heterocycles. The summed E-state index contributed by atoms with van der Waals surface area (Å²) in [6.07, 6.45) is 0.887. The van der Waals surface area contributed by atoms with E-state index in [9.17, 15) is 9.59 Å². The molecular formula is C15H20N2O5. The molecule has 0 atom stereocenters. The van der Waals surface area contributed by atoms with Crippen molar-refractivity contribution in [3.05, 3.63) is 29.1 Å². The van der Waals surface area contributed by atoms with Crippen LogP contribution < -0.4 is 0 Å². The SMILES string of the molecule is COCCCOC1CN(C(=O)c2ccc(C(=O)O)c(C)n2)C1. The summed E-state index contributed by atoms with van der Waals surface area (Å²) in [6, 6.07) is 2.86. The largest absolute Gasteiger partial charge is 0.478 e. The zero-order chi connectivity index (χ0) is 16.1. The van der Waals surface area contributed by atoms with Crippen LogP contribution in [0.3, 0.4) is 0 Å². The number of hydrogen-bond donors (Lipinski definition) is 1. The number of pyridine rings is 1. The van der Waals surface area contributed by atoms with Gasteiger partial charge in [-0.05, 0) is 25.5 Å². The van der Waals surface area contributed by atoms with E-state index in [1.54, 1.807) is 18.9 Å². The summed E-state index contributed by atoms with van der Waals surface area (Å²) in [6.45, 7) is 3.93. The minimum absolute atomic E-state index is 0.0557. The number of rotatable bonds is 7. The monoisotopic (exact) mass is 308 g/mol. The molecule has 22 heavy (non-hydrogen) atoms. The first-order valence-corrected chi connectivity index (χ1v) is 7.13. The van der Waals surface area contributed by atoms with Crippen LogP contribution in [0.25, 0.3) is 0 Å². The number of nitrogens with zero attached hydrogens (tertiary/aromatic N) is 2. The summed E-state index contributed by atoms with van der Waals surface area (Å²) in [5, 5.41) is 8.96. The normalized spacial score (nSPS) is 14.7. The van der Waals surface area contributed by atoms with Gasteiger partial charge in [0.1, 0.15) is 5.69 Å². The van der Waals surface area contributed by atoms with Gasteiger partial charge >= 0.3 is 5.97 Å². The van der Waals surface area contributed by atoms with Crippen molar-refractivity contribution in [2.24, 2.45) is 0 Å². The van der Waals surface area contributed by atoms with Crippen LogP contribution >= 0.6 is 0 Å². The van der Waals surface area contributed by atoms with Gasteiger partial charge in [0.2, 0.25) is 0 Å². The average Bonchev–Trinajstić information content (AvgIpc) is 2.44. The highest BCUT2D eigenvalue weighted by Gasteiger charge is 2.32. The summed E-state index contributed by atoms with van der Waals surface area (Å²) in [5.41, 5.74) is 0.714. The van der Waals surface area contributed by atoms with Gasteiger partial charge in [0, 0.05) is 33.4 Å². The van der Waals surface area contributed by atoms with Crippen molar-refractivity contribution >= 4 is 11.9 Å². The Kier molecular flexibility index (Phi) is 5.46. The van der Waals surface area contributed by atoms with Crippen LogP contribution in [-0.4, -0.2) is 66.4 Å². The fraction of sp³-hybridized carbons (Fsp3) is 0.533. The second-order valence-corrected chi connectivity index (χ2v) is 5.18. The Balaban J connectivity index is 1.84. The van der Waals surface area contributed by atoms with E-state index in [1.165, 1.54) is 12.1 Å². The molecule has 0 bridgehead atoms. The fourth-order valence-electron chi connectivity index (χ4n) is 2.23. The number of methoxy groups -OCH3 is 1. The molecule has 1 aliphatic heterocycles. The van der Waals surface area contributed by atoms with Crippen molar-refractivity contribution in [3.63, 3.8) is 0 Å². The van der Waals surface area contributed by atoms with Gasteiger partial charge < -0.3 is 19.5 Å². The third-order valence-corrected chi connectivity index (χ3v) is 3.52. The van der Waals surface area contributed by atoms with Crippen LogP contribution in [0.1, 0.15) is 33.0 Å². The standard InChI is InChI=1S/C15H20N2O5/c1-10-12(15(19)20)4-5-13(16-10)14(18)17-8-11(9-17)22-7-3-6-21-2/h4-5,11H,3,6-9H2,1-2H3,(H,19,20). The number of ether oxygens (including phenoxy) is 2. The summed E-state index contributed by atoms with van der Waals surface area (Å²) < 4.78 is 10.5. The van der Waals surface area contributed by atoms with Gasteiger partial charge in [0.15, 0.2) is 0 Å². The van der Waals surface area contributed by atoms with Crippen molar-refractivity contribution in [2.45, 2.75) is 19.4 Å². The zero-order valence-corrected chi connectivity index (χ0v) is 12.7. The average molecular weight is 308 g/mol. The first kappa shape index (κ1) is 16.4. The van der Waals surface area contributed by atoms with Crippen molar-refractivity contribution in [3.8, 4) is 0 Å². The number of likely N-dealkylation sites (tertiary alicyclic amines) is 1. The Morgan fingerprint density at radius 3 is 2.68 bits per heavy atom. The first-order valence-electron chi connectivity index (χ1n) is 7.13. The quantitative estimate of drug-likeness (QED) is 0.755. The lowest BCUT2D eigenvalue weighted by Gasteiger charge is -2.38. The molecule has 7 heteroatoms. The summed E-state index contributed by atoms with van der Waals surface area (Å²) in [5.74, 6) is -1.24. The van der Waals surface area contributed by atoms with Gasteiger partial charge in [-0.2, -0.15) is 0 Å².